The number of carbonyl (C=O) groups excluding carboxylic acids is 1. The highest BCUT2D eigenvalue weighted by atomic mass is 32.2. The molecule has 2 heterocycles. The number of benzene rings is 1. The van der Waals surface area contributed by atoms with Crippen molar-refractivity contribution in [3.63, 3.8) is 0 Å². The van der Waals surface area contributed by atoms with Crippen LogP contribution in [0.25, 0.3) is 5.65 Å². The quantitative estimate of drug-likeness (QED) is 0.611. The van der Waals surface area contributed by atoms with E-state index in [2.05, 4.69) is 10.3 Å². The first kappa shape index (κ1) is 19.5. The second-order valence-electron chi connectivity index (χ2n) is 6.07. The maximum Gasteiger partial charge on any atom is 0.261 e. The van der Waals surface area contributed by atoms with Crippen molar-refractivity contribution in [2.45, 2.75) is 18.4 Å². The van der Waals surface area contributed by atoms with Crippen molar-refractivity contribution in [2.24, 2.45) is 5.14 Å². The minimum Gasteiger partial charge on any atom is -0.467 e. The molecule has 0 atom stereocenters. The molecule has 3 N–H and O–H groups in total. The Kier molecular flexibility index (Phi) is 5.43. The fourth-order valence-electron chi connectivity index (χ4n) is 2.50. The number of aryl methyl sites for hydroxylation is 1. The third kappa shape index (κ3) is 4.53. The summed E-state index contributed by atoms with van der Waals surface area (Å²) in [4.78, 5) is 28.3. The normalized spacial score (nSPS) is 11.4. The van der Waals surface area contributed by atoms with Gasteiger partial charge in [0, 0.05) is 12.7 Å². The van der Waals surface area contributed by atoms with Gasteiger partial charge in [-0.15, -0.1) is 0 Å². The maximum absolute atomic E-state index is 12.1. The second-order valence-corrected chi connectivity index (χ2v) is 7.63. The Bertz CT molecular complexity index is 1190. The van der Waals surface area contributed by atoms with Gasteiger partial charge < -0.3 is 10.1 Å². The van der Waals surface area contributed by atoms with E-state index in [1.807, 2.05) is 13.0 Å². The minimum absolute atomic E-state index is 0.00475. The van der Waals surface area contributed by atoms with Gasteiger partial charge in [-0.25, -0.2) is 13.6 Å². The Morgan fingerprint density at radius 2 is 1.96 bits per heavy atom. The third-order valence-electron chi connectivity index (χ3n) is 3.96. The number of carbonyl (C=O) groups is 1. The molecule has 9 nitrogen and oxygen atoms in total. The minimum atomic E-state index is -3.75. The lowest BCUT2D eigenvalue weighted by Crippen LogP contribution is -2.29. The Morgan fingerprint density at radius 3 is 2.64 bits per heavy atom. The molecule has 3 rings (SSSR count). The van der Waals surface area contributed by atoms with Crippen LogP contribution in [0, 0.1) is 6.92 Å². The summed E-state index contributed by atoms with van der Waals surface area (Å²) in [6.07, 6.45) is 1.61. The number of nitrogens with zero attached hydrogens (tertiary/aromatic N) is 2. The first-order chi connectivity index (χ1) is 13.2. The van der Waals surface area contributed by atoms with Crippen molar-refractivity contribution >= 4 is 21.6 Å². The van der Waals surface area contributed by atoms with Crippen LogP contribution in [-0.2, 0) is 21.4 Å². The number of primary sulfonamides is 1. The van der Waals surface area contributed by atoms with Gasteiger partial charge in [0.15, 0.2) is 6.61 Å². The third-order valence-corrected chi connectivity index (χ3v) is 4.88. The van der Waals surface area contributed by atoms with Crippen LogP contribution in [0.3, 0.4) is 0 Å². The highest BCUT2D eigenvalue weighted by Gasteiger charge is 2.09. The Morgan fingerprint density at radius 1 is 1.25 bits per heavy atom. The molecule has 0 aliphatic rings. The van der Waals surface area contributed by atoms with Gasteiger partial charge in [0.2, 0.25) is 15.9 Å². The average Bonchev–Trinajstić information content (AvgIpc) is 2.65. The molecule has 0 fully saturated rings. The number of sulfonamides is 1. The predicted octanol–water partition coefficient (Wildman–Crippen LogP) is 0.346. The molecule has 0 aliphatic carbocycles. The van der Waals surface area contributed by atoms with Crippen LogP contribution in [0.2, 0.25) is 0 Å². The Labute approximate surface area is 160 Å². The summed E-state index contributed by atoms with van der Waals surface area (Å²) in [5, 5.41) is 7.67. The molecule has 10 heteroatoms. The molecule has 1 aromatic carbocycles. The summed E-state index contributed by atoms with van der Waals surface area (Å²) in [6, 6.07) is 10.6. The van der Waals surface area contributed by atoms with Gasteiger partial charge in [0.25, 0.3) is 11.5 Å². The molecular weight excluding hydrogens is 384 g/mol. The molecule has 0 saturated carbocycles. The van der Waals surface area contributed by atoms with E-state index >= 15 is 0 Å². The number of aromatic nitrogens is 2. The van der Waals surface area contributed by atoms with Crippen LogP contribution < -0.4 is 20.8 Å². The lowest BCUT2D eigenvalue weighted by Gasteiger charge is -2.09. The van der Waals surface area contributed by atoms with Crippen molar-refractivity contribution in [2.75, 3.05) is 6.61 Å². The molecule has 0 radical (unpaired) electrons. The number of rotatable bonds is 6. The summed E-state index contributed by atoms with van der Waals surface area (Å²) in [6.45, 7) is 1.68. The molecule has 0 saturated heterocycles. The number of ether oxygens (including phenoxy) is 1. The van der Waals surface area contributed by atoms with Crippen LogP contribution in [0.15, 0.2) is 58.4 Å². The van der Waals surface area contributed by atoms with Gasteiger partial charge in [-0.1, -0.05) is 18.2 Å². The van der Waals surface area contributed by atoms with Crippen LogP contribution in [0.5, 0.6) is 5.88 Å². The van der Waals surface area contributed by atoms with E-state index in [1.165, 1.54) is 22.6 Å². The summed E-state index contributed by atoms with van der Waals surface area (Å²) in [5.74, 6) is -0.353. The van der Waals surface area contributed by atoms with E-state index in [-0.39, 0.29) is 29.5 Å². The summed E-state index contributed by atoms with van der Waals surface area (Å²) in [7, 11) is -3.75. The standard InChI is InChI=1S/C18H18N4O5S/c1-12-3-2-8-22-17(24)9-16(21-18(12)22)27-11-15(23)20-10-13-4-6-14(7-5-13)28(19,25)26/h2-9H,10-11H2,1H3,(H,20,23)(H2,19,25,26). The number of hydrogen-bond acceptors (Lipinski definition) is 6. The zero-order valence-corrected chi connectivity index (χ0v) is 15.8. The van der Waals surface area contributed by atoms with Gasteiger partial charge in [0.05, 0.1) is 11.0 Å². The number of nitrogens with one attached hydrogen (secondary N) is 1. The summed E-state index contributed by atoms with van der Waals surface area (Å²) >= 11 is 0. The van der Waals surface area contributed by atoms with Gasteiger partial charge in [0.1, 0.15) is 5.65 Å². The van der Waals surface area contributed by atoms with Gasteiger partial charge in [-0.05, 0) is 36.2 Å². The summed E-state index contributed by atoms with van der Waals surface area (Å²) in [5.41, 5.74) is 1.65. The van der Waals surface area contributed by atoms with Crippen molar-refractivity contribution < 1.29 is 17.9 Å². The van der Waals surface area contributed by atoms with E-state index in [4.69, 9.17) is 9.88 Å². The van der Waals surface area contributed by atoms with Crippen LogP contribution >= 0.6 is 0 Å². The number of pyridine rings is 1. The second kappa shape index (κ2) is 7.79. The van der Waals surface area contributed by atoms with Gasteiger partial charge >= 0.3 is 0 Å². The van der Waals surface area contributed by atoms with E-state index in [1.54, 1.807) is 24.4 Å². The lowest BCUT2D eigenvalue weighted by atomic mass is 10.2. The zero-order valence-electron chi connectivity index (χ0n) is 15.0. The van der Waals surface area contributed by atoms with Crippen molar-refractivity contribution in [1.82, 2.24) is 14.7 Å². The molecule has 146 valence electrons. The van der Waals surface area contributed by atoms with Crippen molar-refractivity contribution in [3.05, 3.63) is 70.1 Å². The molecular formula is C18H18N4O5S. The summed E-state index contributed by atoms with van der Waals surface area (Å²) < 4.78 is 29.2. The molecule has 0 spiro atoms. The molecule has 28 heavy (non-hydrogen) atoms. The zero-order chi connectivity index (χ0) is 20.3. The topological polar surface area (TPSA) is 133 Å². The van der Waals surface area contributed by atoms with Gasteiger partial charge in [-0.3, -0.25) is 14.0 Å². The first-order valence-electron chi connectivity index (χ1n) is 8.24. The molecule has 0 unspecified atom stereocenters. The van der Waals surface area contributed by atoms with Crippen LogP contribution in [-0.4, -0.2) is 30.3 Å². The Hall–Kier alpha value is -3.24. The maximum atomic E-state index is 12.1. The van der Waals surface area contributed by atoms with Crippen molar-refractivity contribution in [1.29, 1.82) is 0 Å². The molecule has 0 aliphatic heterocycles. The molecule has 2 aromatic heterocycles. The highest BCUT2D eigenvalue weighted by Crippen LogP contribution is 2.10. The largest absolute Gasteiger partial charge is 0.467 e. The molecule has 3 aromatic rings. The lowest BCUT2D eigenvalue weighted by molar-refractivity contribution is -0.123. The predicted molar refractivity (Wildman–Crippen MR) is 101 cm³/mol. The van der Waals surface area contributed by atoms with Crippen LogP contribution in [0.1, 0.15) is 11.1 Å². The van der Waals surface area contributed by atoms with E-state index in [0.717, 1.165) is 5.56 Å². The number of nitrogens with two attached hydrogens (primary N) is 1. The highest BCUT2D eigenvalue weighted by molar-refractivity contribution is 7.89. The average molecular weight is 402 g/mol. The Balaban J connectivity index is 1.59. The fraction of sp³-hybridized carbons (Fsp3) is 0.167. The molecule has 1 amide bonds. The smallest absolute Gasteiger partial charge is 0.261 e. The fourth-order valence-corrected chi connectivity index (χ4v) is 3.02. The SMILES string of the molecule is Cc1cccn2c(=O)cc(OCC(=O)NCc3ccc(S(N)(=O)=O)cc3)nc12. The van der Waals surface area contributed by atoms with Crippen molar-refractivity contribution in [3.8, 4) is 5.88 Å². The van der Waals surface area contributed by atoms with E-state index in [9.17, 15) is 18.0 Å². The monoisotopic (exact) mass is 402 g/mol. The van der Waals surface area contributed by atoms with E-state index < -0.39 is 15.9 Å². The van der Waals surface area contributed by atoms with E-state index in [0.29, 0.717) is 11.2 Å². The first-order valence-corrected chi connectivity index (χ1v) is 9.79. The van der Waals surface area contributed by atoms with Crippen LogP contribution in [0.4, 0.5) is 0 Å². The number of amides is 1. The van der Waals surface area contributed by atoms with Gasteiger partial charge in [-0.2, -0.15) is 4.98 Å². The molecule has 0 bridgehead atoms. The number of fused-ring (bicyclic) bond motifs is 1. The number of hydrogen-bond donors (Lipinski definition) is 2.